The maximum atomic E-state index is 13.5. The molecule has 1 amide bonds. The first-order valence-corrected chi connectivity index (χ1v) is 9.95. The highest BCUT2D eigenvalue weighted by atomic mass is 16.5. The molecule has 1 aliphatic carbocycles. The van der Waals surface area contributed by atoms with E-state index in [9.17, 15) is 9.90 Å². The molecule has 2 aliphatic heterocycles. The number of benzene rings is 1. The SMILES string of the molecule is O=C1N(C2CCCCCC2)C(C(O)c2ccccc2)=NC12CCOCC2. The van der Waals surface area contributed by atoms with Crippen molar-refractivity contribution in [3.8, 4) is 0 Å². The molecule has 0 radical (unpaired) electrons. The Kier molecular flexibility index (Phi) is 5.09. The van der Waals surface area contributed by atoms with Gasteiger partial charge in [0.05, 0.1) is 0 Å². The zero-order chi connectivity index (χ0) is 18.0. The second-order valence-corrected chi connectivity index (χ2v) is 7.75. The number of ether oxygens (including phenoxy) is 1. The molecule has 1 unspecified atom stereocenters. The second kappa shape index (κ2) is 7.49. The van der Waals surface area contributed by atoms with E-state index >= 15 is 0 Å². The number of hydrogen-bond acceptors (Lipinski definition) is 4. The van der Waals surface area contributed by atoms with E-state index in [4.69, 9.17) is 9.73 Å². The number of nitrogens with zero attached hydrogens (tertiary/aromatic N) is 2. The van der Waals surface area contributed by atoms with Crippen LogP contribution in [-0.2, 0) is 9.53 Å². The quantitative estimate of drug-likeness (QED) is 0.846. The lowest BCUT2D eigenvalue weighted by atomic mass is 9.89. The molecule has 1 saturated heterocycles. The maximum absolute atomic E-state index is 13.5. The number of aliphatic hydroxyl groups excluding tert-OH is 1. The fourth-order valence-electron chi connectivity index (χ4n) is 4.53. The van der Waals surface area contributed by atoms with Crippen LogP contribution in [0.1, 0.15) is 63.0 Å². The van der Waals surface area contributed by atoms with Gasteiger partial charge >= 0.3 is 0 Å². The van der Waals surface area contributed by atoms with Crippen LogP contribution >= 0.6 is 0 Å². The summed E-state index contributed by atoms with van der Waals surface area (Å²) < 4.78 is 5.48. The van der Waals surface area contributed by atoms with Gasteiger partial charge in [0.15, 0.2) is 0 Å². The highest BCUT2D eigenvalue weighted by molar-refractivity contribution is 6.10. The third kappa shape index (κ3) is 3.19. The van der Waals surface area contributed by atoms with Crippen molar-refractivity contribution in [2.24, 2.45) is 4.99 Å². The van der Waals surface area contributed by atoms with Gasteiger partial charge in [-0.3, -0.25) is 14.7 Å². The highest BCUT2D eigenvalue weighted by Crippen LogP contribution is 2.39. The molecule has 5 nitrogen and oxygen atoms in total. The minimum Gasteiger partial charge on any atom is -0.381 e. The van der Waals surface area contributed by atoms with E-state index in [1.165, 1.54) is 12.8 Å². The van der Waals surface area contributed by atoms with Gasteiger partial charge in [-0.05, 0) is 18.4 Å². The van der Waals surface area contributed by atoms with Gasteiger partial charge in [0.2, 0.25) is 0 Å². The van der Waals surface area contributed by atoms with Crippen LogP contribution < -0.4 is 0 Å². The minimum atomic E-state index is -0.856. The molecular formula is C21H28N2O3. The topological polar surface area (TPSA) is 62.1 Å². The molecule has 0 aromatic heterocycles. The minimum absolute atomic E-state index is 0.0812. The van der Waals surface area contributed by atoms with Gasteiger partial charge in [-0.1, -0.05) is 56.0 Å². The van der Waals surface area contributed by atoms with Crippen LogP contribution in [0.2, 0.25) is 0 Å². The third-order valence-electron chi connectivity index (χ3n) is 6.06. The summed E-state index contributed by atoms with van der Waals surface area (Å²) in [6.45, 7) is 1.12. The van der Waals surface area contributed by atoms with Crippen LogP contribution in [-0.4, -0.2) is 46.5 Å². The standard InChI is InChI=1S/C21H28N2O3/c24-18(16-8-4-3-5-9-16)19-22-21(12-14-26-15-13-21)20(25)23(19)17-10-6-1-2-7-11-17/h3-5,8-9,17-18,24H,1-2,6-7,10-15H2. The molecule has 4 rings (SSSR count). The summed E-state index contributed by atoms with van der Waals surface area (Å²) in [4.78, 5) is 20.2. The van der Waals surface area contributed by atoms with E-state index in [1.807, 2.05) is 35.2 Å². The van der Waals surface area contributed by atoms with Crippen molar-refractivity contribution < 1.29 is 14.6 Å². The van der Waals surface area contributed by atoms with E-state index in [0.717, 1.165) is 31.2 Å². The molecule has 2 fully saturated rings. The number of rotatable bonds is 3. The lowest BCUT2D eigenvalue weighted by Crippen LogP contribution is -2.50. The number of aliphatic imine (C=N–C) groups is 1. The van der Waals surface area contributed by atoms with Crippen molar-refractivity contribution in [1.82, 2.24) is 4.90 Å². The van der Waals surface area contributed by atoms with E-state index in [-0.39, 0.29) is 11.9 Å². The monoisotopic (exact) mass is 356 g/mol. The van der Waals surface area contributed by atoms with Crippen molar-refractivity contribution in [2.45, 2.75) is 69.1 Å². The van der Waals surface area contributed by atoms with Crippen molar-refractivity contribution in [2.75, 3.05) is 13.2 Å². The number of carbonyl (C=O) groups excluding carboxylic acids is 1. The highest BCUT2D eigenvalue weighted by Gasteiger charge is 2.52. The van der Waals surface area contributed by atoms with E-state index in [0.29, 0.717) is 31.9 Å². The number of aliphatic hydroxyl groups is 1. The summed E-state index contributed by atoms with van der Waals surface area (Å²) in [5.74, 6) is 0.632. The number of hydrogen-bond donors (Lipinski definition) is 1. The van der Waals surface area contributed by atoms with Gasteiger partial charge in [0, 0.05) is 32.1 Å². The average Bonchev–Trinajstić information content (AvgIpc) is 2.87. The van der Waals surface area contributed by atoms with Gasteiger partial charge in [0.1, 0.15) is 17.5 Å². The predicted octanol–water partition coefficient (Wildman–Crippen LogP) is 3.23. The normalized spacial score (nSPS) is 25.2. The summed E-state index contributed by atoms with van der Waals surface area (Å²) in [7, 11) is 0. The lowest BCUT2D eigenvalue weighted by molar-refractivity contribution is -0.136. The number of amidine groups is 1. The summed E-state index contributed by atoms with van der Waals surface area (Å²) >= 11 is 0. The first-order valence-electron chi connectivity index (χ1n) is 9.95. The molecule has 3 aliphatic rings. The Hall–Kier alpha value is -1.72. The Morgan fingerprint density at radius 3 is 2.38 bits per heavy atom. The Morgan fingerprint density at radius 1 is 1.08 bits per heavy atom. The molecule has 1 aromatic carbocycles. The first kappa shape index (κ1) is 17.7. The predicted molar refractivity (Wildman–Crippen MR) is 100.0 cm³/mol. The Balaban J connectivity index is 1.70. The van der Waals surface area contributed by atoms with Gasteiger partial charge in [-0.2, -0.15) is 0 Å². The van der Waals surface area contributed by atoms with Crippen molar-refractivity contribution in [3.05, 3.63) is 35.9 Å². The van der Waals surface area contributed by atoms with Gasteiger partial charge in [0.25, 0.3) is 5.91 Å². The van der Waals surface area contributed by atoms with Crippen molar-refractivity contribution in [3.63, 3.8) is 0 Å². The summed E-state index contributed by atoms with van der Waals surface area (Å²) in [5, 5.41) is 11.1. The molecule has 1 N–H and O–H groups in total. The Labute approximate surface area is 155 Å². The van der Waals surface area contributed by atoms with Crippen molar-refractivity contribution in [1.29, 1.82) is 0 Å². The molecule has 1 saturated carbocycles. The maximum Gasteiger partial charge on any atom is 0.256 e. The van der Waals surface area contributed by atoms with Crippen LogP contribution in [0.4, 0.5) is 0 Å². The van der Waals surface area contributed by atoms with Crippen LogP contribution in [0.5, 0.6) is 0 Å². The Morgan fingerprint density at radius 2 is 1.73 bits per heavy atom. The molecule has 1 aromatic rings. The van der Waals surface area contributed by atoms with E-state index < -0.39 is 11.6 Å². The fraction of sp³-hybridized carbons (Fsp3) is 0.619. The zero-order valence-electron chi connectivity index (χ0n) is 15.3. The summed E-state index contributed by atoms with van der Waals surface area (Å²) in [6.07, 6.45) is 7.10. The first-order chi connectivity index (χ1) is 12.7. The molecule has 26 heavy (non-hydrogen) atoms. The molecule has 1 atom stereocenters. The van der Waals surface area contributed by atoms with Crippen LogP contribution in [0.15, 0.2) is 35.3 Å². The van der Waals surface area contributed by atoms with Crippen molar-refractivity contribution >= 4 is 11.7 Å². The van der Waals surface area contributed by atoms with Gasteiger partial charge in [-0.25, -0.2) is 0 Å². The average molecular weight is 356 g/mol. The lowest BCUT2D eigenvalue weighted by Gasteiger charge is -2.33. The second-order valence-electron chi connectivity index (χ2n) is 7.75. The molecule has 140 valence electrons. The molecule has 5 heteroatoms. The van der Waals surface area contributed by atoms with Crippen LogP contribution in [0.3, 0.4) is 0 Å². The number of amides is 1. The molecule has 0 bridgehead atoms. The zero-order valence-corrected chi connectivity index (χ0v) is 15.3. The number of carbonyl (C=O) groups is 1. The third-order valence-corrected chi connectivity index (χ3v) is 6.06. The van der Waals surface area contributed by atoms with Crippen LogP contribution in [0, 0.1) is 0 Å². The fourth-order valence-corrected chi connectivity index (χ4v) is 4.53. The van der Waals surface area contributed by atoms with Gasteiger partial charge in [-0.15, -0.1) is 0 Å². The van der Waals surface area contributed by atoms with Gasteiger partial charge < -0.3 is 9.84 Å². The summed E-state index contributed by atoms with van der Waals surface area (Å²) in [5.41, 5.74) is 0.0668. The molecule has 2 heterocycles. The molecular weight excluding hydrogens is 328 g/mol. The van der Waals surface area contributed by atoms with E-state index in [1.54, 1.807) is 0 Å². The van der Waals surface area contributed by atoms with Crippen LogP contribution in [0.25, 0.3) is 0 Å². The smallest absolute Gasteiger partial charge is 0.256 e. The largest absolute Gasteiger partial charge is 0.381 e. The Bertz CT molecular complexity index is 659. The van der Waals surface area contributed by atoms with E-state index in [2.05, 4.69) is 0 Å². The molecule has 1 spiro atoms. The summed E-state index contributed by atoms with van der Waals surface area (Å²) in [6, 6.07) is 9.72.